The highest BCUT2D eigenvalue weighted by atomic mass is 35.5. The van der Waals surface area contributed by atoms with Gasteiger partial charge in [-0.25, -0.2) is 4.39 Å². The van der Waals surface area contributed by atoms with Gasteiger partial charge in [-0.15, -0.1) is 0 Å². The van der Waals surface area contributed by atoms with Gasteiger partial charge in [0.1, 0.15) is 5.82 Å². The van der Waals surface area contributed by atoms with Crippen LogP contribution in [0.1, 0.15) is 19.5 Å². The summed E-state index contributed by atoms with van der Waals surface area (Å²) in [4.78, 5) is 14.9. The largest absolute Gasteiger partial charge is 0.463 e. The second-order valence-electron chi connectivity index (χ2n) is 3.30. The first-order valence-electron chi connectivity index (χ1n) is 4.48. The van der Waals surface area contributed by atoms with Crippen molar-refractivity contribution >= 4 is 17.6 Å². The van der Waals surface area contributed by atoms with Crippen molar-refractivity contribution in [2.24, 2.45) is 0 Å². The molecule has 0 N–H and O–H groups in total. The molecule has 3 nitrogen and oxygen atoms in total. The van der Waals surface area contributed by atoms with Crippen LogP contribution in [0.2, 0.25) is 5.02 Å². The van der Waals surface area contributed by atoms with E-state index >= 15 is 0 Å². The molecule has 0 aliphatic carbocycles. The number of carbonyl (C=O) groups excluding carboxylic acids is 1. The summed E-state index contributed by atoms with van der Waals surface area (Å²) in [6.07, 6.45) is 0.900. The lowest BCUT2D eigenvalue weighted by atomic mass is 10.2. The zero-order chi connectivity index (χ0) is 11.4. The number of carbonyl (C=O) groups is 1. The molecule has 0 amide bonds. The minimum absolute atomic E-state index is 0.0463. The average Bonchev–Trinajstić information content (AvgIpc) is 2.08. The van der Waals surface area contributed by atoms with Crippen LogP contribution in [0.5, 0.6) is 0 Å². The minimum Gasteiger partial charge on any atom is -0.463 e. The van der Waals surface area contributed by atoms with E-state index in [1.54, 1.807) is 13.8 Å². The van der Waals surface area contributed by atoms with E-state index in [1.165, 1.54) is 6.20 Å². The molecule has 0 unspecified atom stereocenters. The summed E-state index contributed by atoms with van der Waals surface area (Å²) < 4.78 is 18.1. The van der Waals surface area contributed by atoms with E-state index in [0.29, 0.717) is 0 Å². The van der Waals surface area contributed by atoms with E-state index in [4.69, 9.17) is 16.3 Å². The Bertz CT molecular complexity index is 368. The van der Waals surface area contributed by atoms with Gasteiger partial charge in [-0.2, -0.15) is 0 Å². The Kier molecular flexibility index (Phi) is 4.03. The normalized spacial score (nSPS) is 10.5. The molecule has 0 saturated heterocycles. The molecule has 0 atom stereocenters. The first-order chi connectivity index (χ1) is 6.99. The molecule has 15 heavy (non-hydrogen) atoms. The van der Waals surface area contributed by atoms with E-state index in [-0.39, 0.29) is 23.2 Å². The van der Waals surface area contributed by atoms with Gasteiger partial charge < -0.3 is 4.74 Å². The molecular formula is C10H11ClFNO2. The van der Waals surface area contributed by atoms with Crippen molar-refractivity contribution in [1.82, 2.24) is 4.98 Å². The van der Waals surface area contributed by atoms with E-state index in [1.807, 2.05) is 0 Å². The maximum Gasteiger partial charge on any atom is 0.312 e. The van der Waals surface area contributed by atoms with E-state index in [9.17, 15) is 9.18 Å². The average molecular weight is 232 g/mol. The molecule has 1 aromatic heterocycles. The lowest BCUT2D eigenvalue weighted by molar-refractivity contribution is -0.146. The summed E-state index contributed by atoms with van der Waals surface area (Å²) in [6.45, 7) is 3.45. The Balaban J connectivity index is 2.68. The predicted molar refractivity (Wildman–Crippen MR) is 54.1 cm³/mol. The van der Waals surface area contributed by atoms with Gasteiger partial charge >= 0.3 is 5.97 Å². The number of hydrogen-bond acceptors (Lipinski definition) is 3. The fourth-order valence-corrected chi connectivity index (χ4v) is 1.16. The van der Waals surface area contributed by atoms with Crippen LogP contribution in [0.15, 0.2) is 12.3 Å². The van der Waals surface area contributed by atoms with Gasteiger partial charge in [0.05, 0.1) is 23.2 Å². The van der Waals surface area contributed by atoms with E-state index < -0.39 is 11.8 Å². The molecule has 0 aliphatic heterocycles. The Morgan fingerprint density at radius 3 is 2.87 bits per heavy atom. The molecule has 1 rings (SSSR count). The van der Waals surface area contributed by atoms with Crippen molar-refractivity contribution in [3.8, 4) is 0 Å². The summed E-state index contributed by atoms with van der Waals surface area (Å²) >= 11 is 5.52. The number of hydrogen-bond donors (Lipinski definition) is 0. The molecule has 0 spiro atoms. The molecule has 0 aromatic carbocycles. The molecule has 0 saturated carbocycles. The van der Waals surface area contributed by atoms with Crippen LogP contribution < -0.4 is 0 Å². The molecule has 0 radical (unpaired) electrons. The van der Waals surface area contributed by atoms with Gasteiger partial charge in [-0.1, -0.05) is 11.6 Å². The van der Waals surface area contributed by atoms with Gasteiger partial charge in [0.15, 0.2) is 0 Å². The highest BCUT2D eigenvalue weighted by molar-refractivity contribution is 6.30. The lowest BCUT2D eigenvalue weighted by Gasteiger charge is -2.07. The van der Waals surface area contributed by atoms with Gasteiger partial charge in [-0.05, 0) is 19.9 Å². The maximum atomic E-state index is 13.2. The summed E-state index contributed by atoms with van der Waals surface area (Å²) in [5.41, 5.74) is 0.0463. The molecule has 1 heterocycles. The second-order valence-corrected chi connectivity index (χ2v) is 3.73. The zero-order valence-electron chi connectivity index (χ0n) is 8.46. The highest BCUT2D eigenvalue weighted by Crippen LogP contribution is 2.12. The first kappa shape index (κ1) is 11.9. The number of aromatic nitrogens is 1. The quantitative estimate of drug-likeness (QED) is 0.750. The van der Waals surface area contributed by atoms with Crippen LogP contribution in [0, 0.1) is 5.82 Å². The Morgan fingerprint density at radius 1 is 1.67 bits per heavy atom. The Hall–Kier alpha value is -1.16. The smallest absolute Gasteiger partial charge is 0.312 e. The van der Waals surface area contributed by atoms with Crippen molar-refractivity contribution in [2.75, 3.05) is 0 Å². The summed E-state index contributed by atoms with van der Waals surface area (Å²) in [5, 5.41) is 0.202. The van der Waals surface area contributed by atoms with Crippen LogP contribution in [0.25, 0.3) is 0 Å². The standard InChI is InChI=1S/C10H11ClFNO2/c1-6(2)15-10(14)4-9-8(12)3-7(11)5-13-9/h3,5-6H,4H2,1-2H3. The van der Waals surface area contributed by atoms with Crippen LogP contribution in [0.4, 0.5) is 4.39 Å². The highest BCUT2D eigenvalue weighted by Gasteiger charge is 2.12. The fraction of sp³-hybridized carbons (Fsp3) is 0.400. The van der Waals surface area contributed by atoms with Gasteiger partial charge in [0.25, 0.3) is 0 Å². The number of rotatable bonds is 3. The van der Waals surface area contributed by atoms with Crippen LogP contribution in [-0.2, 0) is 16.0 Å². The number of nitrogens with zero attached hydrogens (tertiary/aromatic N) is 1. The molecule has 5 heteroatoms. The molecule has 0 aliphatic rings. The Labute approximate surface area is 92.2 Å². The summed E-state index contributed by atoms with van der Waals surface area (Å²) in [5.74, 6) is -1.10. The van der Waals surface area contributed by atoms with Crippen LogP contribution in [0.3, 0.4) is 0 Å². The van der Waals surface area contributed by atoms with Crippen molar-refractivity contribution in [2.45, 2.75) is 26.4 Å². The third kappa shape index (κ3) is 3.83. The van der Waals surface area contributed by atoms with E-state index in [2.05, 4.69) is 4.98 Å². The first-order valence-corrected chi connectivity index (χ1v) is 4.86. The predicted octanol–water partition coefficient (Wildman–Crippen LogP) is 2.37. The third-order valence-corrected chi connectivity index (χ3v) is 1.77. The summed E-state index contributed by atoms with van der Waals surface area (Å²) in [7, 11) is 0. The monoisotopic (exact) mass is 231 g/mol. The maximum absolute atomic E-state index is 13.2. The molecule has 0 bridgehead atoms. The van der Waals surface area contributed by atoms with Crippen molar-refractivity contribution in [3.63, 3.8) is 0 Å². The zero-order valence-corrected chi connectivity index (χ0v) is 9.21. The van der Waals surface area contributed by atoms with Gasteiger partial charge in [0.2, 0.25) is 0 Å². The van der Waals surface area contributed by atoms with E-state index in [0.717, 1.165) is 6.07 Å². The van der Waals surface area contributed by atoms with Crippen molar-refractivity contribution in [1.29, 1.82) is 0 Å². The van der Waals surface area contributed by atoms with Crippen molar-refractivity contribution in [3.05, 3.63) is 28.8 Å². The second kappa shape index (κ2) is 5.07. The Morgan fingerprint density at radius 2 is 2.33 bits per heavy atom. The SMILES string of the molecule is CC(C)OC(=O)Cc1ncc(Cl)cc1F. The van der Waals surface area contributed by atoms with Gasteiger partial charge in [0, 0.05) is 6.20 Å². The molecule has 0 fully saturated rings. The number of ether oxygens (including phenoxy) is 1. The number of halogens is 2. The third-order valence-electron chi connectivity index (χ3n) is 1.56. The topological polar surface area (TPSA) is 39.2 Å². The van der Waals surface area contributed by atoms with Crippen LogP contribution >= 0.6 is 11.6 Å². The van der Waals surface area contributed by atoms with Gasteiger partial charge in [-0.3, -0.25) is 9.78 Å². The lowest BCUT2D eigenvalue weighted by Crippen LogP contribution is -2.15. The fourth-order valence-electron chi connectivity index (χ4n) is 1.01. The molecule has 82 valence electrons. The minimum atomic E-state index is -0.594. The number of esters is 1. The molecule has 1 aromatic rings. The number of pyridine rings is 1. The van der Waals surface area contributed by atoms with Crippen LogP contribution in [-0.4, -0.2) is 17.1 Å². The summed E-state index contributed by atoms with van der Waals surface area (Å²) in [6, 6.07) is 1.12. The molecular weight excluding hydrogens is 221 g/mol. The van der Waals surface area contributed by atoms with Crippen molar-refractivity contribution < 1.29 is 13.9 Å².